The molecule has 35 heavy (non-hydrogen) atoms. The number of benzene rings is 3. The van der Waals surface area contributed by atoms with Crippen LogP contribution >= 0.6 is 11.8 Å². The highest BCUT2D eigenvalue weighted by Crippen LogP contribution is 2.22. The van der Waals surface area contributed by atoms with Gasteiger partial charge in [0, 0.05) is 11.4 Å². The highest BCUT2D eigenvalue weighted by Gasteiger charge is 2.16. The second-order valence-corrected chi connectivity index (χ2v) is 8.78. The van der Waals surface area contributed by atoms with Crippen LogP contribution in [0.2, 0.25) is 0 Å². The Morgan fingerprint density at radius 2 is 1.49 bits per heavy atom. The molecule has 0 saturated carbocycles. The van der Waals surface area contributed by atoms with E-state index in [0.717, 1.165) is 22.8 Å². The summed E-state index contributed by atoms with van der Waals surface area (Å²) in [4.78, 5) is 24.4. The van der Waals surface area contributed by atoms with Crippen molar-refractivity contribution >= 4 is 29.3 Å². The highest BCUT2D eigenvalue weighted by molar-refractivity contribution is 7.99. The van der Waals surface area contributed by atoms with E-state index in [1.54, 1.807) is 0 Å². The van der Waals surface area contributed by atoms with Crippen molar-refractivity contribution in [1.29, 1.82) is 0 Å². The molecule has 3 N–H and O–H groups in total. The van der Waals surface area contributed by atoms with Crippen LogP contribution in [0.3, 0.4) is 0 Å². The first-order valence-corrected chi connectivity index (χ1v) is 12.1. The fourth-order valence-corrected chi connectivity index (χ4v) is 4.10. The van der Waals surface area contributed by atoms with Crippen LogP contribution in [0.4, 0.5) is 5.69 Å². The maximum absolute atomic E-state index is 12.3. The van der Waals surface area contributed by atoms with Gasteiger partial charge in [-0.15, -0.1) is 10.2 Å². The largest absolute Gasteiger partial charge is 0.378 e. The highest BCUT2D eigenvalue weighted by atomic mass is 32.2. The van der Waals surface area contributed by atoms with Crippen molar-refractivity contribution in [2.24, 2.45) is 0 Å². The van der Waals surface area contributed by atoms with Gasteiger partial charge in [0.2, 0.25) is 11.8 Å². The lowest BCUT2D eigenvalue weighted by atomic mass is 10.1. The Kier molecular flexibility index (Phi) is 8.13. The number of anilines is 1. The maximum atomic E-state index is 12.3. The van der Waals surface area contributed by atoms with E-state index in [1.807, 2.05) is 96.4 Å². The first-order valence-electron chi connectivity index (χ1n) is 11.1. The summed E-state index contributed by atoms with van der Waals surface area (Å²) in [6, 6.07) is 27.2. The zero-order chi connectivity index (χ0) is 24.5. The molecule has 0 spiro atoms. The number of hydrazine groups is 1. The van der Waals surface area contributed by atoms with Crippen LogP contribution in [-0.4, -0.2) is 32.3 Å². The monoisotopic (exact) mass is 486 g/mol. The molecule has 4 aromatic rings. The predicted molar refractivity (Wildman–Crippen MR) is 137 cm³/mol. The maximum Gasteiger partial charge on any atom is 0.248 e. The molecule has 0 aliphatic carbocycles. The van der Waals surface area contributed by atoms with Gasteiger partial charge in [0.1, 0.15) is 0 Å². The number of para-hydroxylation sites is 1. The minimum Gasteiger partial charge on any atom is -0.378 e. The average Bonchev–Trinajstić information content (AvgIpc) is 3.30. The van der Waals surface area contributed by atoms with Gasteiger partial charge in [-0.25, -0.2) is 0 Å². The topological polar surface area (TPSA) is 101 Å². The molecule has 2 amide bonds. The van der Waals surface area contributed by atoms with E-state index in [4.69, 9.17) is 0 Å². The normalized spacial score (nSPS) is 10.5. The Morgan fingerprint density at radius 3 is 2.20 bits per heavy atom. The fourth-order valence-electron chi connectivity index (χ4n) is 3.33. The van der Waals surface area contributed by atoms with E-state index in [1.165, 1.54) is 17.3 Å². The summed E-state index contributed by atoms with van der Waals surface area (Å²) in [5, 5.41) is 12.6. The van der Waals surface area contributed by atoms with Gasteiger partial charge in [0.15, 0.2) is 11.0 Å². The molecule has 0 aliphatic rings. The van der Waals surface area contributed by atoms with Crippen molar-refractivity contribution in [3.05, 3.63) is 102 Å². The van der Waals surface area contributed by atoms with Crippen molar-refractivity contribution in [3.8, 4) is 5.69 Å². The van der Waals surface area contributed by atoms with Gasteiger partial charge in [-0.3, -0.25) is 25.0 Å². The van der Waals surface area contributed by atoms with Gasteiger partial charge in [0.05, 0.1) is 18.7 Å². The molecule has 0 bridgehead atoms. The predicted octanol–water partition coefficient (Wildman–Crippen LogP) is 3.67. The molecule has 0 saturated heterocycles. The Labute approximate surface area is 208 Å². The van der Waals surface area contributed by atoms with Gasteiger partial charge in [-0.2, -0.15) is 0 Å². The van der Waals surface area contributed by atoms with Crippen LogP contribution in [0.5, 0.6) is 0 Å². The van der Waals surface area contributed by atoms with Crippen LogP contribution in [0.1, 0.15) is 17.0 Å². The second kappa shape index (κ2) is 11.8. The summed E-state index contributed by atoms with van der Waals surface area (Å²) in [6.07, 6.45) is 0.188. The number of amides is 2. The molecular formula is C26H26N6O2S. The van der Waals surface area contributed by atoms with Crippen molar-refractivity contribution in [1.82, 2.24) is 25.6 Å². The summed E-state index contributed by atoms with van der Waals surface area (Å²) < 4.78 is 1.92. The second-order valence-electron chi connectivity index (χ2n) is 7.84. The SMILES string of the molecule is Cc1ccc(NCc2nnc(SCC(=O)NNC(=O)Cc3ccccc3)n2-c2ccccc2)cc1. The van der Waals surface area contributed by atoms with Crippen LogP contribution in [0.15, 0.2) is 90.1 Å². The number of rotatable bonds is 9. The molecule has 0 aliphatic heterocycles. The third-order valence-electron chi connectivity index (χ3n) is 5.10. The summed E-state index contributed by atoms with van der Waals surface area (Å²) >= 11 is 1.25. The lowest BCUT2D eigenvalue weighted by Gasteiger charge is -2.12. The number of hydrogen-bond donors (Lipinski definition) is 3. The number of hydrogen-bond acceptors (Lipinski definition) is 6. The third kappa shape index (κ3) is 6.94. The van der Waals surface area contributed by atoms with Gasteiger partial charge in [0.25, 0.3) is 0 Å². The Hall–Kier alpha value is -4.11. The minimum absolute atomic E-state index is 0.0714. The van der Waals surface area contributed by atoms with Gasteiger partial charge in [-0.05, 0) is 36.8 Å². The van der Waals surface area contributed by atoms with E-state index in [-0.39, 0.29) is 24.0 Å². The molecule has 3 aromatic carbocycles. The van der Waals surface area contributed by atoms with Crippen molar-refractivity contribution in [3.63, 3.8) is 0 Å². The Bertz CT molecular complexity index is 1260. The molecule has 0 radical (unpaired) electrons. The fraction of sp³-hybridized carbons (Fsp3) is 0.154. The van der Waals surface area contributed by atoms with Crippen molar-refractivity contribution in [2.45, 2.75) is 25.0 Å². The van der Waals surface area contributed by atoms with E-state index in [9.17, 15) is 9.59 Å². The zero-order valence-electron chi connectivity index (χ0n) is 19.3. The van der Waals surface area contributed by atoms with E-state index in [2.05, 4.69) is 26.4 Å². The molecule has 0 atom stereocenters. The molecule has 1 heterocycles. The number of aromatic nitrogens is 3. The number of aryl methyl sites for hydroxylation is 1. The van der Waals surface area contributed by atoms with Crippen molar-refractivity contribution in [2.75, 3.05) is 11.1 Å². The number of nitrogens with zero attached hydrogens (tertiary/aromatic N) is 3. The molecule has 8 nitrogen and oxygen atoms in total. The Morgan fingerprint density at radius 1 is 0.829 bits per heavy atom. The molecule has 0 fully saturated rings. The number of thioether (sulfide) groups is 1. The van der Waals surface area contributed by atoms with Gasteiger partial charge >= 0.3 is 0 Å². The molecule has 1 aromatic heterocycles. The van der Waals surface area contributed by atoms with Crippen LogP contribution in [-0.2, 0) is 22.6 Å². The third-order valence-corrected chi connectivity index (χ3v) is 6.03. The van der Waals surface area contributed by atoms with Crippen LogP contribution < -0.4 is 16.2 Å². The van der Waals surface area contributed by atoms with Crippen LogP contribution in [0.25, 0.3) is 5.69 Å². The lowest BCUT2D eigenvalue weighted by Crippen LogP contribution is -2.43. The molecular weight excluding hydrogens is 460 g/mol. The van der Waals surface area contributed by atoms with Gasteiger partial charge in [-0.1, -0.05) is 78.0 Å². The molecule has 178 valence electrons. The standard InChI is InChI=1S/C26H26N6O2S/c1-19-12-14-21(15-13-19)27-17-23-28-31-26(32(23)22-10-6-3-7-11-22)35-18-25(34)30-29-24(33)16-20-8-4-2-5-9-20/h2-15,27H,16-18H2,1H3,(H,29,33)(H,30,34). The summed E-state index contributed by atoms with van der Waals surface area (Å²) in [6.45, 7) is 2.51. The minimum atomic E-state index is -0.335. The van der Waals surface area contributed by atoms with E-state index in [0.29, 0.717) is 11.7 Å². The summed E-state index contributed by atoms with van der Waals surface area (Å²) in [5.74, 6) is 0.169. The van der Waals surface area contributed by atoms with E-state index >= 15 is 0 Å². The zero-order valence-corrected chi connectivity index (χ0v) is 20.1. The molecule has 9 heteroatoms. The van der Waals surface area contributed by atoms with E-state index < -0.39 is 0 Å². The van der Waals surface area contributed by atoms with Gasteiger partial charge < -0.3 is 5.32 Å². The number of nitrogens with one attached hydrogen (secondary N) is 3. The smallest absolute Gasteiger partial charge is 0.248 e. The molecule has 4 rings (SSSR count). The first kappa shape index (κ1) is 24.0. The quantitative estimate of drug-likeness (QED) is 0.247. The van der Waals surface area contributed by atoms with Crippen LogP contribution in [0, 0.1) is 6.92 Å². The summed E-state index contributed by atoms with van der Waals surface area (Å²) in [5.41, 5.74) is 8.86. The number of carbonyl (C=O) groups is 2. The average molecular weight is 487 g/mol. The first-order chi connectivity index (χ1) is 17.1. The van der Waals surface area contributed by atoms with Crippen molar-refractivity contribution < 1.29 is 9.59 Å². The Balaban J connectivity index is 1.37. The summed E-state index contributed by atoms with van der Waals surface area (Å²) in [7, 11) is 0. The number of carbonyl (C=O) groups excluding carboxylic acids is 2. The lowest BCUT2D eigenvalue weighted by molar-refractivity contribution is -0.127. The molecule has 0 unspecified atom stereocenters.